The number of benzene rings is 1. The molecule has 2 atom stereocenters. The molecule has 2 unspecified atom stereocenters. The first-order valence-electron chi connectivity index (χ1n) is 11.3. The van der Waals surface area contributed by atoms with Crippen LogP contribution in [0.1, 0.15) is 38.4 Å². The first kappa shape index (κ1) is 23.0. The van der Waals surface area contributed by atoms with Crippen molar-refractivity contribution >= 4 is 17.1 Å². The summed E-state index contributed by atoms with van der Waals surface area (Å²) in [5.74, 6) is 0.645. The second-order valence-electron chi connectivity index (χ2n) is 9.01. The van der Waals surface area contributed by atoms with Crippen molar-refractivity contribution in [3.8, 4) is 0 Å². The molecule has 4 rings (SSSR count). The molecule has 0 aliphatic carbocycles. The predicted molar refractivity (Wildman–Crippen MR) is 129 cm³/mol. The van der Waals surface area contributed by atoms with Crippen LogP contribution in [0.3, 0.4) is 0 Å². The molecule has 1 fully saturated rings. The van der Waals surface area contributed by atoms with Crippen LogP contribution in [0.2, 0.25) is 0 Å². The molecule has 176 valence electrons. The van der Waals surface area contributed by atoms with Crippen LogP contribution >= 0.6 is 0 Å². The van der Waals surface area contributed by atoms with E-state index in [4.69, 9.17) is 10.7 Å². The molecule has 9 nitrogen and oxygen atoms in total. The van der Waals surface area contributed by atoms with E-state index in [0.717, 1.165) is 29.5 Å². The first-order valence-corrected chi connectivity index (χ1v) is 11.3. The van der Waals surface area contributed by atoms with Gasteiger partial charge in [0.1, 0.15) is 0 Å². The number of allylic oxidation sites excluding steroid dienone is 2. The highest BCUT2D eigenvalue weighted by Gasteiger charge is 2.26. The van der Waals surface area contributed by atoms with Gasteiger partial charge in [0.15, 0.2) is 11.2 Å². The van der Waals surface area contributed by atoms with E-state index in [2.05, 4.69) is 4.90 Å². The molecular formula is C24H32N6O3. The molecule has 0 amide bonds. The first-order chi connectivity index (χ1) is 15.8. The fraction of sp³-hybridized carbons (Fsp3) is 0.458. The number of nitrogens with zero attached hydrogens (tertiary/aromatic N) is 5. The third-order valence-corrected chi connectivity index (χ3v) is 6.17. The molecule has 0 bridgehead atoms. The fourth-order valence-corrected chi connectivity index (χ4v) is 4.35. The molecule has 3 aromatic rings. The van der Waals surface area contributed by atoms with Crippen LogP contribution in [0, 0.1) is 0 Å². The highest BCUT2D eigenvalue weighted by atomic mass is 16.3. The molecular weight excluding hydrogens is 420 g/mol. The molecule has 0 spiro atoms. The fourth-order valence-electron chi connectivity index (χ4n) is 4.35. The summed E-state index contributed by atoms with van der Waals surface area (Å²) in [4.78, 5) is 33.6. The number of nitrogens with two attached hydrogens (primary N) is 1. The topological polar surface area (TPSA) is 111 Å². The second kappa shape index (κ2) is 9.36. The minimum absolute atomic E-state index is 0.0389. The maximum atomic E-state index is 13.6. The number of aliphatic hydroxyl groups excluding tert-OH is 1. The number of fused-ring (bicyclic) bond motifs is 1. The molecule has 9 heteroatoms. The maximum Gasteiger partial charge on any atom is 0.332 e. The Hall–Kier alpha value is -3.17. The summed E-state index contributed by atoms with van der Waals surface area (Å²) in [5.41, 5.74) is 7.70. The van der Waals surface area contributed by atoms with Crippen LogP contribution in [0.25, 0.3) is 11.2 Å². The van der Waals surface area contributed by atoms with Gasteiger partial charge in [0.25, 0.3) is 5.56 Å². The number of hydrogen-bond donors (Lipinski definition) is 2. The van der Waals surface area contributed by atoms with Crippen LogP contribution < -0.4 is 21.9 Å². The summed E-state index contributed by atoms with van der Waals surface area (Å²) >= 11 is 0. The molecule has 1 saturated heterocycles. The number of aliphatic hydroxyl groups is 1. The lowest BCUT2D eigenvalue weighted by Crippen LogP contribution is -2.44. The molecule has 3 heterocycles. The Kier molecular flexibility index (Phi) is 6.53. The Morgan fingerprint density at radius 3 is 2.64 bits per heavy atom. The van der Waals surface area contributed by atoms with Crippen molar-refractivity contribution in [1.82, 2.24) is 18.7 Å². The van der Waals surface area contributed by atoms with E-state index >= 15 is 0 Å². The van der Waals surface area contributed by atoms with Gasteiger partial charge in [-0.05, 0) is 32.3 Å². The molecule has 0 saturated carbocycles. The van der Waals surface area contributed by atoms with Crippen LogP contribution in [0.4, 0.5) is 5.95 Å². The molecule has 0 radical (unpaired) electrons. The van der Waals surface area contributed by atoms with Gasteiger partial charge in [-0.15, -0.1) is 0 Å². The largest absolute Gasteiger partial charge is 0.387 e. The average Bonchev–Trinajstić information content (AvgIpc) is 3.19. The number of imidazole rings is 1. The number of hydrogen-bond acceptors (Lipinski definition) is 6. The zero-order valence-electron chi connectivity index (χ0n) is 19.4. The van der Waals surface area contributed by atoms with Crippen molar-refractivity contribution in [3.05, 3.63) is 68.4 Å². The summed E-state index contributed by atoms with van der Waals surface area (Å²) in [5, 5.41) is 10.7. The van der Waals surface area contributed by atoms with Gasteiger partial charge in [-0.25, -0.2) is 4.79 Å². The highest BCUT2D eigenvalue weighted by Crippen LogP contribution is 2.23. The van der Waals surface area contributed by atoms with Gasteiger partial charge in [0.05, 0.1) is 12.6 Å². The van der Waals surface area contributed by atoms with Crippen LogP contribution in [-0.4, -0.2) is 42.9 Å². The predicted octanol–water partition coefficient (Wildman–Crippen LogP) is 1.52. The second-order valence-corrected chi connectivity index (χ2v) is 9.01. The Morgan fingerprint density at radius 2 is 1.97 bits per heavy atom. The van der Waals surface area contributed by atoms with Crippen molar-refractivity contribution in [1.29, 1.82) is 0 Å². The monoisotopic (exact) mass is 452 g/mol. The molecule has 1 aromatic carbocycles. The van der Waals surface area contributed by atoms with Crippen molar-refractivity contribution in [2.45, 2.75) is 51.9 Å². The lowest BCUT2D eigenvalue weighted by Gasteiger charge is -2.31. The molecule has 33 heavy (non-hydrogen) atoms. The molecule has 3 N–H and O–H groups in total. The molecule has 1 aliphatic rings. The number of aromatic nitrogens is 4. The molecule has 1 aliphatic heterocycles. The lowest BCUT2D eigenvalue weighted by atomic mass is 10.1. The van der Waals surface area contributed by atoms with Crippen molar-refractivity contribution in [2.24, 2.45) is 12.8 Å². The van der Waals surface area contributed by atoms with E-state index in [-0.39, 0.29) is 12.6 Å². The third kappa shape index (κ3) is 4.51. The van der Waals surface area contributed by atoms with Crippen molar-refractivity contribution < 1.29 is 5.11 Å². The SMILES string of the molecule is CC(C)=CCn1c(N2CCCC(N)C2)nc2c1c(=O)n(CC(O)c1ccccc1)c(=O)n2C. The van der Waals surface area contributed by atoms with E-state index in [1.807, 2.05) is 42.7 Å². The standard InChI is InChI=1S/C24H32N6O3/c1-16(2)11-13-29-20-21(26-23(29)28-12-7-10-18(25)14-28)27(3)24(33)30(22(20)32)15-19(31)17-8-5-4-6-9-17/h4-6,8-9,11,18-19,31H,7,10,12-15,25H2,1-3H3. The highest BCUT2D eigenvalue weighted by molar-refractivity contribution is 5.74. The molecule has 2 aromatic heterocycles. The minimum atomic E-state index is -0.984. The maximum absolute atomic E-state index is 13.6. The number of aryl methyl sites for hydroxylation is 1. The third-order valence-electron chi connectivity index (χ3n) is 6.17. The van der Waals surface area contributed by atoms with Gasteiger partial charge in [-0.2, -0.15) is 4.98 Å². The smallest absolute Gasteiger partial charge is 0.332 e. The number of anilines is 1. The Balaban J connectivity index is 1.88. The van der Waals surface area contributed by atoms with Gasteiger partial charge in [0, 0.05) is 32.7 Å². The van der Waals surface area contributed by atoms with Gasteiger partial charge in [0.2, 0.25) is 5.95 Å². The van der Waals surface area contributed by atoms with Crippen LogP contribution in [0.15, 0.2) is 51.6 Å². The van der Waals surface area contributed by atoms with Crippen molar-refractivity contribution in [3.63, 3.8) is 0 Å². The summed E-state index contributed by atoms with van der Waals surface area (Å²) in [6.07, 6.45) is 2.94. The summed E-state index contributed by atoms with van der Waals surface area (Å²) in [7, 11) is 1.61. The van der Waals surface area contributed by atoms with E-state index < -0.39 is 17.4 Å². The zero-order valence-corrected chi connectivity index (χ0v) is 19.4. The van der Waals surface area contributed by atoms with Gasteiger partial charge in [-0.3, -0.25) is 13.9 Å². The Morgan fingerprint density at radius 1 is 1.24 bits per heavy atom. The van der Waals surface area contributed by atoms with Gasteiger partial charge >= 0.3 is 5.69 Å². The zero-order chi connectivity index (χ0) is 23.7. The van der Waals surface area contributed by atoms with E-state index in [0.29, 0.717) is 35.8 Å². The number of piperidine rings is 1. The normalized spacial score (nSPS) is 17.4. The minimum Gasteiger partial charge on any atom is -0.387 e. The van der Waals surface area contributed by atoms with Gasteiger partial charge < -0.3 is 20.3 Å². The summed E-state index contributed by atoms with van der Waals surface area (Å²) < 4.78 is 4.36. The van der Waals surface area contributed by atoms with E-state index in [9.17, 15) is 14.7 Å². The van der Waals surface area contributed by atoms with E-state index in [1.54, 1.807) is 19.2 Å². The quantitative estimate of drug-likeness (QED) is 0.549. The summed E-state index contributed by atoms with van der Waals surface area (Å²) in [6.45, 7) is 5.76. The number of rotatable bonds is 6. The average molecular weight is 453 g/mol. The van der Waals surface area contributed by atoms with E-state index in [1.165, 1.54) is 4.57 Å². The Labute approximate surface area is 192 Å². The summed E-state index contributed by atoms with van der Waals surface area (Å²) in [6, 6.07) is 9.06. The van der Waals surface area contributed by atoms with Gasteiger partial charge in [-0.1, -0.05) is 42.0 Å². The lowest BCUT2D eigenvalue weighted by molar-refractivity contribution is 0.153. The van der Waals surface area contributed by atoms with Crippen LogP contribution in [-0.2, 0) is 20.1 Å². The Bertz CT molecular complexity index is 1280. The van der Waals surface area contributed by atoms with Crippen LogP contribution in [0.5, 0.6) is 0 Å². The van der Waals surface area contributed by atoms with Crippen molar-refractivity contribution in [2.75, 3.05) is 18.0 Å².